The molecule has 1 atom stereocenters. The van der Waals surface area contributed by atoms with E-state index in [4.69, 9.17) is 11.6 Å². The maximum Gasteiger partial charge on any atom is 0.254 e. The van der Waals surface area contributed by atoms with Gasteiger partial charge in [0.05, 0.1) is 11.7 Å². The van der Waals surface area contributed by atoms with Crippen molar-refractivity contribution in [2.24, 2.45) is 0 Å². The van der Waals surface area contributed by atoms with Crippen LogP contribution >= 0.6 is 24.0 Å². The van der Waals surface area contributed by atoms with Crippen molar-refractivity contribution in [3.05, 3.63) is 76.8 Å². The summed E-state index contributed by atoms with van der Waals surface area (Å²) in [5.74, 6) is 0.0316. The van der Waals surface area contributed by atoms with Crippen LogP contribution in [0.5, 0.6) is 0 Å². The first kappa shape index (κ1) is 20.3. The van der Waals surface area contributed by atoms with E-state index in [9.17, 15) is 4.79 Å². The molecule has 4 rings (SSSR count). The van der Waals surface area contributed by atoms with Crippen LogP contribution in [0.25, 0.3) is 5.69 Å². The molecule has 1 fully saturated rings. The third kappa shape index (κ3) is 4.04. The van der Waals surface area contributed by atoms with Gasteiger partial charge < -0.3 is 10.2 Å². The second-order valence-corrected chi connectivity index (χ2v) is 7.05. The number of carbonyl (C=O) groups excluding carboxylic acids is 1. The highest BCUT2D eigenvalue weighted by atomic mass is 35.5. The van der Waals surface area contributed by atoms with E-state index in [1.54, 1.807) is 11.0 Å². The fourth-order valence-corrected chi connectivity index (χ4v) is 3.68. The minimum atomic E-state index is -0.0423. The zero-order chi connectivity index (χ0) is 18.8. The predicted octanol–water partition coefficient (Wildman–Crippen LogP) is 3.44. The van der Waals surface area contributed by atoms with E-state index in [0.29, 0.717) is 23.7 Å². The zero-order valence-electron chi connectivity index (χ0n) is 15.4. The van der Waals surface area contributed by atoms with Crippen molar-refractivity contribution in [1.29, 1.82) is 0 Å². The number of amides is 1. The molecule has 1 amide bonds. The SMILES string of the molecule is Cc1cc(-n2cncn2)ccc1C(=O)N1CCNCC1c1cccc(Cl)c1.Cl. The van der Waals surface area contributed by atoms with E-state index in [1.165, 1.54) is 6.33 Å². The number of benzene rings is 2. The van der Waals surface area contributed by atoms with Crippen LogP contribution in [0, 0.1) is 6.92 Å². The van der Waals surface area contributed by atoms with Crippen LogP contribution in [-0.4, -0.2) is 45.2 Å². The molecule has 0 saturated carbocycles. The Bertz CT molecular complexity index is 961. The molecule has 1 N–H and O–H groups in total. The summed E-state index contributed by atoms with van der Waals surface area (Å²) in [5.41, 5.74) is 3.54. The third-order valence-corrected chi connectivity index (χ3v) is 5.10. The highest BCUT2D eigenvalue weighted by molar-refractivity contribution is 6.30. The number of piperazine rings is 1. The number of rotatable bonds is 3. The molecule has 0 spiro atoms. The first-order valence-corrected chi connectivity index (χ1v) is 9.24. The predicted molar refractivity (Wildman–Crippen MR) is 111 cm³/mol. The van der Waals surface area contributed by atoms with E-state index in [-0.39, 0.29) is 24.4 Å². The molecule has 0 aliphatic carbocycles. The van der Waals surface area contributed by atoms with Crippen LogP contribution in [0.4, 0.5) is 0 Å². The van der Waals surface area contributed by atoms with Gasteiger partial charge >= 0.3 is 0 Å². The smallest absolute Gasteiger partial charge is 0.254 e. The van der Waals surface area contributed by atoms with Gasteiger partial charge in [-0.2, -0.15) is 5.10 Å². The molecular weight excluding hydrogens is 397 g/mol. The number of aryl methyl sites for hydroxylation is 1. The van der Waals surface area contributed by atoms with Gasteiger partial charge in [0.15, 0.2) is 0 Å². The number of carbonyl (C=O) groups is 1. The average molecular weight is 418 g/mol. The lowest BCUT2D eigenvalue weighted by molar-refractivity contribution is 0.0633. The lowest BCUT2D eigenvalue weighted by Gasteiger charge is -2.37. The second kappa shape index (κ2) is 8.73. The van der Waals surface area contributed by atoms with Crippen LogP contribution in [0.3, 0.4) is 0 Å². The minimum Gasteiger partial charge on any atom is -0.329 e. The van der Waals surface area contributed by atoms with Crippen molar-refractivity contribution >= 4 is 29.9 Å². The van der Waals surface area contributed by atoms with E-state index in [2.05, 4.69) is 15.4 Å². The van der Waals surface area contributed by atoms with Gasteiger partial charge in [-0.1, -0.05) is 23.7 Å². The van der Waals surface area contributed by atoms with Gasteiger partial charge in [-0.25, -0.2) is 9.67 Å². The van der Waals surface area contributed by atoms with Gasteiger partial charge in [0.2, 0.25) is 0 Å². The van der Waals surface area contributed by atoms with Crippen molar-refractivity contribution in [1.82, 2.24) is 25.0 Å². The summed E-state index contributed by atoms with van der Waals surface area (Å²) in [5, 5.41) is 8.20. The Balaban J connectivity index is 0.00000225. The van der Waals surface area contributed by atoms with Gasteiger partial charge in [-0.05, 0) is 48.4 Å². The highest BCUT2D eigenvalue weighted by Gasteiger charge is 2.29. The van der Waals surface area contributed by atoms with E-state index >= 15 is 0 Å². The van der Waals surface area contributed by atoms with Crippen LogP contribution in [0.15, 0.2) is 55.1 Å². The molecule has 28 heavy (non-hydrogen) atoms. The van der Waals surface area contributed by atoms with Crippen LogP contribution in [0.1, 0.15) is 27.5 Å². The Morgan fingerprint density at radius 1 is 1.25 bits per heavy atom. The molecule has 0 radical (unpaired) electrons. The monoisotopic (exact) mass is 417 g/mol. The summed E-state index contributed by atoms with van der Waals surface area (Å²) in [4.78, 5) is 19.2. The van der Waals surface area contributed by atoms with Crippen molar-refractivity contribution in [3.63, 3.8) is 0 Å². The molecule has 0 bridgehead atoms. The molecule has 1 aromatic heterocycles. The van der Waals surface area contributed by atoms with Gasteiger partial charge in [0, 0.05) is 30.2 Å². The average Bonchev–Trinajstić information content (AvgIpc) is 3.22. The molecule has 3 aromatic rings. The molecular formula is C20H21Cl2N5O. The van der Waals surface area contributed by atoms with Crippen molar-refractivity contribution in [3.8, 4) is 5.69 Å². The fourth-order valence-electron chi connectivity index (χ4n) is 3.49. The van der Waals surface area contributed by atoms with E-state index < -0.39 is 0 Å². The number of nitrogens with one attached hydrogen (secondary N) is 1. The molecule has 8 heteroatoms. The normalized spacial score (nSPS) is 16.5. The standard InChI is InChI=1S/C20H20ClN5O.ClH/c1-14-9-17(26-13-23-12-24-26)5-6-18(14)20(27)25-8-7-22-11-19(25)15-3-2-4-16(21)10-15;/h2-6,9-10,12-13,19,22H,7-8,11H2,1H3;1H. The van der Waals surface area contributed by atoms with E-state index in [0.717, 1.165) is 23.4 Å². The van der Waals surface area contributed by atoms with E-state index in [1.807, 2.05) is 54.3 Å². The zero-order valence-corrected chi connectivity index (χ0v) is 17.0. The van der Waals surface area contributed by atoms with Crippen LogP contribution in [-0.2, 0) is 0 Å². The molecule has 2 heterocycles. The Labute approximate surface area is 174 Å². The second-order valence-electron chi connectivity index (χ2n) is 6.61. The first-order valence-electron chi connectivity index (χ1n) is 8.86. The maximum absolute atomic E-state index is 13.3. The largest absolute Gasteiger partial charge is 0.329 e. The van der Waals surface area contributed by atoms with Crippen molar-refractivity contribution in [2.75, 3.05) is 19.6 Å². The first-order chi connectivity index (χ1) is 13.1. The fraction of sp³-hybridized carbons (Fsp3) is 0.250. The summed E-state index contributed by atoms with van der Waals surface area (Å²) in [6.45, 7) is 4.09. The number of halogens is 2. The summed E-state index contributed by atoms with van der Waals surface area (Å²) in [7, 11) is 0. The third-order valence-electron chi connectivity index (χ3n) is 4.86. The van der Waals surface area contributed by atoms with Crippen molar-refractivity contribution < 1.29 is 4.79 Å². The van der Waals surface area contributed by atoms with Gasteiger partial charge in [0.25, 0.3) is 5.91 Å². The Morgan fingerprint density at radius 3 is 2.82 bits per heavy atom. The van der Waals surface area contributed by atoms with Gasteiger partial charge in [0.1, 0.15) is 12.7 Å². The summed E-state index contributed by atoms with van der Waals surface area (Å²) < 4.78 is 1.68. The molecule has 1 aliphatic heterocycles. The quantitative estimate of drug-likeness (QED) is 0.708. The summed E-state index contributed by atoms with van der Waals surface area (Å²) in [6.07, 6.45) is 3.13. The molecule has 6 nitrogen and oxygen atoms in total. The highest BCUT2D eigenvalue weighted by Crippen LogP contribution is 2.27. The number of hydrogen-bond donors (Lipinski definition) is 1. The lowest BCUT2D eigenvalue weighted by Crippen LogP contribution is -2.48. The van der Waals surface area contributed by atoms with Crippen molar-refractivity contribution in [2.45, 2.75) is 13.0 Å². The molecule has 1 saturated heterocycles. The van der Waals surface area contributed by atoms with Gasteiger partial charge in [-0.3, -0.25) is 4.79 Å². The number of nitrogens with zero attached hydrogens (tertiary/aromatic N) is 4. The Hall–Kier alpha value is -2.41. The topological polar surface area (TPSA) is 63.1 Å². The number of hydrogen-bond acceptors (Lipinski definition) is 4. The molecule has 1 aliphatic rings. The molecule has 146 valence electrons. The Morgan fingerprint density at radius 2 is 2.11 bits per heavy atom. The summed E-state index contributed by atoms with van der Waals surface area (Å²) >= 11 is 6.16. The van der Waals surface area contributed by atoms with Crippen LogP contribution < -0.4 is 5.32 Å². The number of aromatic nitrogens is 3. The minimum absolute atomic E-state index is 0. The maximum atomic E-state index is 13.3. The van der Waals surface area contributed by atoms with Crippen LogP contribution in [0.2, 0.25) is 5.02 Å². The molecule has 2 aromatic carbocycles. The molecule has 1 unspecified atom stereocenters. The Kier molecular flexibility index (Phi) is 6.34. The lowest BCUT2D eigenvalue weighted by atomic mass is 10.0. The summed E-state index contributed by atoms with van der Waals surface area (Å²) in [6, 6.07) is 13.4. The van der Waals surface area contributed by atoms with Gasteiger partial charge in [-0.15, -0.1) is 12.4 Å².